The Morgan fingerprint density at radius 1 is 0.875 bits per heavy atom. The highest BCUT2D eigenvalue weighted by Crippen LogP contribution is 2.11. The van der Waals surface area contributed by atoms with Gasteiger partial charge in [-0.25, -0.2) is 0 Å². The summed E-state index contributed by atoms with van der Waals surface area (Å²) in [5, 5.41) is 0. The molecular formula is C15H13O. The van der Waals surface area contributed by atoms with Gasteiger partial charge in [0.05, 0.1) is 0 Å². The van der Waals surface area contributed by atoms with Crippen LogP contribution >= 0.6 is 0 Å². The first-order valence-corrected chi connectivity index (χ1v) is 5.20. The van der Waals surface area contributed by atoms with Crippen LogP contribution in [0.15, 0.2) is 48.5 Å². The Balaban J connectivity index is 2.32. The van der Waals surface area contributed by atoms with E-state index in [1.165, 1.54) is 0 Å². The normalized spacial score (nSPS) is 10.1. The first-order valence-electron chi connectivity index (χ1n) is 5.20. The largest absolute Gasteiger partial charge is 0.289 e. The summed E-state index contributed by atoms with van der Waals surface area (Å²) in [5.41, 5.74) is 3.50. The Kier molecular flexibility index (Phi) is 2.86. The van der Waals surface area contributed by atoms with Gasteiger partial charge in [0.25, 0.3) is 0 Å². The molecule has 0 aliphatic heterocycles. The Labute approximate surface area is 95.7 Å². The van der Waals surface area contributed by atoms with Crippen molar-refractivity contribution in [3.8, 4) is 0 Å². The fraction of sp³-hybridized carbons (Fsp3) is 0.0667. The monoisotopic (exact) mass is 209 g/mol. The maximum atomic E-state index is 12.0. The lowest BCUT2D eigenvalue weighted by atomic mass is 10.0. The highest BCUT2D eigenvalue weighted by atomic mass is 16.1. The molecule has 0 atom stereocenters. The summed E-state index contributed by atoms with van der Waals surface area (Å²) in [6.07, 6.45) is 0. The minimum Gasteiger partial charge on any atom is -0.289 e. The molecule has 0 aliphatic rings. The van der Waals surface area contributed by atoms with Crippen molar-refractivity contribution >= 4 is 5.78 Å². The zero-order chi connectivity index (χ0) is 11.5. The average molecular weight is 209 g/mol. The fourth-order valence-electron chi connectivity index (χ4n) is 1.53. The van der Waals surface area contributed by atoms with E-state index in [-0.39, 0.29) is 5.78 Å². The van der Waals surface area contributed by atoms with Gasteiger partial charge in [0.1, 0.15) is 0 Å². The number of benzene rings is 2. The third-order valence-electron chi connectivity index (χ3n) is 2.53. The summed E-state index contributed by atoms with van der Waals surface area (Å²) in [6.45, 7) is 5.80. The zero-order valence-electron chi connectivity index (χ0n) is 9.23. The number of ketones is 1. The first-order chi connectivity index (χ1) is 7.66. The van der Waals surface area contributed by atoms with Gasteiger partial charge in [-0.1, -0.05) is 54.1 Å². The molecule has 0 unspecified atom stereocenters. The van der Waals surface area contributed by atoms with Gasteiger partial charge in [0, 0.05) is 11.1 Å². The summed E-state index contributed by atoms with van der Waals surface area (Å²) in [5.74, 6) is 0.0556. The Morgan fingerprint density at radius 2 is 1.31 bits per heavy atom. The van der Waals surface area contributed by atoms with Crippen molar-refractivity contribution in [3.63, 3.8) is 0 Å². The van der Waals surface area contributed by atoms with E-state index >= 15 is 0 Å². The van der Waals surface area contributed by atoms with Crippen LogP contribution in [-0.4, -0.2) is 5.78 Å². The van der Waals surface area contributed by atoms with Gasteiger partial charge in [0.15, 0.2) is 5.78 Å². The number of hydrogen-bond acceptors (Lipinski definition) is 1. The van der Waals surface area contributed by atoms with Crippen LogP contribution in [0.25, 0.3) is 0 Å². The van der Waals surface area contributed by atoms with Crippen LogP contribution in [0.4, 0.5) is 0 Å². The van der Waals surface area contributed by atoms with Crippen molar-refractivity contribution in [1.82, 2.24) is 0 Å². The molecule has 1 nitrogen and oxygen atoms in total. The molecule has 2 aromatic rings. The van der Waals surface area contributed by atoms with Gasteiger partial charge >= 0.3 is 0 Å². The van der Waals surface area contributed by atoms with E-state index in [0.717, 1.165) is 16.7 Å². The molecule has 0 saturated heterocycles. The molecule has 0 N–H and O–H groups in total. The van der Waals surface area contributed by atoms with Gasteiger partial charge in [-0.3, -0.25) is 4.79 Å². The Morgan fingerprint density at radius 3 is 1.81 bits per heavy atom. The molecule has 2 aromatic carbocycles. The molecule has 0 fully saturated rings. The summed E-state index contributed by atoms with van der Waals surface area (Å²) < 4.78 is 0. The van der Waals surface area contributed by atoms with Crippen LogP contribution in [0.1, 0.15) is 27.0 Å². The third kappa shape index (κ3) is 2.19. The van der Waals surface area contributed by atoms with Crippen LogP contribution in [-0.2, 0) is 0 Å². The average Bonchev–Trinajstić information content (AvgIpc) is 2.30. The predicted octanol–water partition coefficient (Wildman–Crippen LogP) is 3.41. The standard InChI is InChI=1S/C15H13O/c1-11-3-7-13(8-4-11)15(16)14-9-5-12(2)6-10-14/h3-10H,1H2,2H3. The predicted molar refractivity (Wildman–Crippen MR) is 65.5 cm³/mol. The minimum atomic E-state index is 0.0556. The third-order valence-corrected chi connectivity index (χ3v) is 2.53. The van der Waals surface area contributed by atoms with Crippen LogP contribution in [0.5, 0.6) is 0 Å². The Hall–Kier alpha value is -1.89. The van der Waals surface area contributed by atoms with Gasteiger partial charge < -0.3 is 0 Å². The quantitative estimate of drug-likeness (QED) is 0.693. The van der Waals surface area contributed by atoms with Crippen molar-refractivity contribution in [3.05, 3.63) is 77.7 Å². The molecule has 0 bridgehead atoms. The number of hydrogen-bond donors (Lipinski definition) is 0. The number of aryl methyl sites for hydroxylation is 1. The van der Waals surface area contributed by atoms with Crippen molar-refractivity contribution in [1.29, 1.82) is 0 Å². The second-order valence-corrected chi connectivity index (χ2v) is 3.89. The molecule has 0 amide bonds. The molecule has 1 heteroatoms. The number of carbonyl (C=O) groups excluding carboxylic acids is 1. The highest BCUT2D eigenvalue weighted by molar-refractivity contribution is 6.08. The SMILES string of the molecule is [CH2]c1ccc(C(=O)c2ccc(C)cc2)cc1. The maximum absolute atomic E-state index is 12.0. The Bertz CT molecular complexity index is 444. The van der Waals surface area contributed by atoms with Crippen molar-refractivity contribution in [2.24, 2.45) is 0 Å². The first kappa shape index (κ1) is 10.6. The van der Waals surface area contributed by atoms with Gasteiger partial charge in [-0.15, -0.1) is 0 Å². The molecule has 2 rings (SSSR count). The summed E-state index contributed by atoms with van der Waals surface area (Å²) >= 11 is 0. The minimum absolute atomic E-state index is 0.0556. The fourth-order valence-corrected chi connectivity index (χ4v) is 1.53. The van der Waals surface area contributed by atoms with Crippen LogP contribution < -0.4 is 0 Å². The summed E-state index contributed by atoms with van der Waals surface area (Å²) in [6, 6.07) is 14.9. The van der Waals surface area contributed by atoms with Crippen LogP contribution in [0, 0.1) is 13.8 Å². The molecular weight excluding hydrogens is 196 g/mol. The smallest absolute Gasteiger partial charge is 0.193 e. The summed E-state index contributed by atoms with van der Waals surface area (Å²) in [4.78, 5) is 12.0. The second-order valence-electron chi connectivity index (χ2n) is 3.89. The van der Waals surface area contributed by atoms with Crippen LogP contribution in [0.3, 0.4) is 0 Å². The van der Waals surface area contributed by atoms with Crippen LogP contribution in [0.2, 0.25) is 0 Å². The molecule has 79 valence electrons. The van der Waals surface area contributed by atoms with Gasteiger partial charge in [-0.05, 0) is 19.4 Å². The van der Waals surface area contributed by atoms with E-state index in [1.54, 1.807) is 0 Å². The maximum Gasteiger partial charge on any atom is 0.193 e. The molecule has 0 spiro atoms. The zero-order valence-corrected chi connectivity index (χ0v) is 9.23. The van der Waals surface area contributed by atoms with E-state index in [2.05, 4.69) is 6.92 Å². The molecule has 0 aliphatic carbocycles. The molecule has 0 saturated carbocycles. The number of carbonyl (C=O) groups is 1. The highest BCUT2D eigenvalue weighted by Gasteiger charge is 2.07. The lowest BCUT2D eigenvalue weighted by molar-refractivity contribution is 0.103. The lowest BCUT2D eigenvalue weighted by Crippen LogP contribution is -2.00. The van der Waals surface area contributed by atoms with E-state index in [9.17, 15) is 4.79 Å². The van der Waals surface area contributed by atoms with Gasteiger partial charge in [-0.2, -0.15) is 0 Å². The number of rotatable bonds is 2. The lowest BCUT2D eigenvalue weighted by Gasteiger charge is -2.02. The van der Waals surface area contributed by atoms with E-state index in [4.69, 9.17) is 0 Å². The summed E-state index contributed by atoms with van der Waals surface area (Å²) in [7, 11) is 0. The molecule has 16 heavy (non-hydrogen) atoms. The van der Waals surface area contributed by atoms with Gasteiger partial charge in [0.2, 0.25) is 0 Å². The van der Waals surface area contributed by atoms with E-state index in [0.29, 0.717) is 5.56 Å². The van der Waals surface area contributed by atoms with Crippen molar-refractivity contribution in [2.45, 2.75) is 6.92 Å². The van der Waals surface area contributed by atoms with E-state index < -0.39 is 0 Å². The topological polar surface area (TPSA) is 17.1 Å². The second kappa shape index (κ2) is 4.31. The molecule has 0 heterocycles. The van der Waals surface area contributed by atoms with Crippen molar-refractivity contribution in [2.75, 3.05) is 0 Å². The molecule has 0 aromatic heterocycles. The molecule has 1 radical (unpaired) electrons. The van der Waals surface area contributed by atoms with Crippen molar-refractivity contribution < 1.29 is 4.79 Å². The van der Waals surface area contributed by atoms with E-state index in [1.807, 2.05) is 55.5 Å².